The van der Waals surface area contributed by atoms with Crippen LogP contribution in [0.2, 0.25) is 0 Å². The van der Waals surface area contributed by atoms with E-state index in [1.54, 1.807) is 56.9 Å². The fraction of sp³-hybridized carbons (Fsp3) is 0.400. The highest BCUT2D eigenvalue weighted by Gasteiger charge is 2.31. The van der Waals surface area contributed by atoms with Gasteiger partial charge in [0.05, 0.1) is 62.6 Å². The Labute approximate surface area is 331 Å². The van der Waals surface area contributed by atoms with Crippen molar-refractivity contribution in [2.45, 2.75) is 38.3 Å². The minimum Gasteiger partial charge on any atom is -0.497 e. The number of ether oxygens (including phenoxy) is 8. The molecule has 1 saturated heterocycles. The summed E-state index contributed by atoms with van der Waals surface area (Å²) in [4.78, 5) is 9.77. The molecule has 0 saturated carbocycles. The summed E-state index contributed by atoms with van der Waals surface area (Å²) in [5.41, 5.74) is 6.48. The van der Waals surface area contributed by atoms with Gasteiger partial charge in [-0.1, -0.05) is 25.2 Å². The van der Waals surface area contributed by atoms with Gasteiger partial charge in [0.25, 0.3) is 0 Å². The Morgan fingerprint density at radius 3 is 1.79 bits per heavy atom. The largest absolute Gasteiger partial charge is 0.497 e. The first-order chi connectivity index (χ1) is 27.3. The van der Waals surface area contributed by atoms with Gasteiger partial charge >= 0.3 is 0 Å². The lowest BCUT2D eigenvalue weighted by molar-refractivity contribution is 0.201. The summed E-state index contributed by atoms with van der Waals surface area (Å²) in [5, 5.41) is 0. The van der Waals surface area contributed by atoms with E-state index in [-0.39, 0.29) is 11.8 Å². The van der Waals surface area contributed by atoms with Crippen LogP contribution in [0.1, 0.15) is 36.8 Å². The fourth-order valence-corrected chi connectivity index (χ4v) is 7.93. The van der Waals surface area contributed by atoms with Crippen LogP contribution in [0.4, 0.5) is 5.69 Å². The van der Waals surface area contributed by atoms with Gasteiger partial charge < -0.3 is 42.8 Å². The molecular weight excluding hydrogens is 711 g/mol. The number of nitrogens with zero attached hydrogens (tertiary/aromatic N) is 3. The number of pyridine rings is 1. The highest BCUT2D eigenvalue weighted by Crippen LogP contribution is 2.45. The summed E-state index contributed by atoms with van der Waals surface area (Å²) in [5.74, 6) is 5.52. The lowest BCUT2D eigenvalue weighted by atomic mass is 9.78. The number of hydrogen-bond donors (Lipinski definition) is 0. The van der Waals surface area contributed by atoms with Crippen molar-refractivity contribution in [1.82, 2.24) is 9.88 Å². The molecule has 1 aliphatic carbocycles. The molecule has 3 aromatic carbocycles. The zero-order chi connectivity index (χ0) is 39.8. The third kappa shape index (κ3) is 8.63. The van der Waals surface area contributed by atoms with Crippen LogP contribution in [0.5, 0.6) is 46.0 Å². The van der Waals surface area contributed by atoms with Crippen LogP contribution in [0, 0.1) is 5.92 Å². The Bertz CT molecular complexity index is 1950. The Kier molecular flexibility index (Phi) is 13.2. The zero-order valence-electron chi connectivity index (χ0n) is 34.1. The molecule has 2 aliphatic rings. The Morgan fingerprint density at radius 1 is 0.679 bits per heavy atom. The van der Waals surface area contributed by atoms with Gasteiger partial charge in [-0.2, -0.15) is 0 Å². The van der Waals surface area contributed by atoms with E-state index in [1.807, 2.05) is 24.4 Å². The molecule has 298 valence electrons. The maximum Gasteiger partial charge on any atom is 0.203 e. The van der Waals surface area contributed by atoms with Gasteiger partial charge in [-0.05, 0) is 71.9 Å². The summed E-state index contributed by atoms with van der Waals surface area (Å²) < 4.78 is 45.3. The Morgan fingerprint density at radius 2 is 1.25 bits per heavy atom. The van der Waals surface area contributed by atoms with E-state index in [0.29, 0.717) is 40.5 Å². The lowest BCUT2D eigenvalue weighted by Gasteiger charge is -2.42. The Hall–Kier alpha value is -5.55. The average molecular weight is 766 g/mol. The predicted molar refractivity (Wildman–Crippen MR) is 220 cm³/mol. The number of anilines is 1. The number of methoxy groups -OCH3 is 8. The molecule has 2 heterocycles. The first-order valence-electron chi connectivity index (χ1n) is 18.9. The van der Waals surface area contributed by atoms with E-state index in [0.717, 1.165) is 73.0 Å². The van der Waals surface area contributed by atoms with Crippen molar-refractivity contribution in [1.29, 1.82) is 0 Å². The Balaban J connectivity index is 1.22. The van der Waals surface area contributed by atoms with Crippen molar-refractivity contribution in [3.63, 3.8) is 0 Å². The number of hydrogen-bond acceptors (Lipinski definition) is 11. The minimum absolute atomic E-state index is 0.123. The van der Waals surface area contributed by atoms with E-state index in [1.165, 1.54) is 11.1 Å². The molecule has 1 aromatic heterocycles. The molecule has 2 atom stereocenters. The average Bonchev–Trinajstić information content (AvgIpc) is 3.25. The van der Waals surface area contributed by atoms with Crippen molar-refractivity contribution in [2.24, 2.45) is 5.92 Å². The maximum absolute atomic E-state index is 5.75. The normalized spacial score (nSPS) is 17.1. The van der Waals surface area contributed by atoms with Crippen LogP contribution in [0.25, 0.3) is 11.3 Å². The zero-order valence-corrected chi connectivity index (χ0v) is 34.1. The van der Waals surface area contributed by atoms with Crippen LogP contribution in [-0.2, 0) is 6.54 Å². The molecule has 56 heavy (non-hydrogen) atoms. The van der Waals surface area contributed by atoms with E-state index < -0.39 is 0 Å². The molecule has 1 fully saturated rings. The number of piperidine rings is 1. The van der Waals surface area contributed by atoms with Gasteiger partial charge in [-0.3, -0.25) is 9.88 Å². The second-order valence-corrected chi connectivity index (χ2v) is 14.1. The summed E-state index contributed by atoms with van der Waals surface area (Å²) in [6.45, 7) is 5.79. The number of benzene rings is 3. The molecule has 1 aliphatic heterocycles. The second-order valence-electron chi connectivity index (χ2n) is 14.1. The van der Waals surface area contributed by atoms with Crippen LogP contribution >= 0.6 is 0 Å². The molecule has 0 amide bonds. The molecule has 11 heteroatoms. The fourth-order valence-electron chi connectivity index (χ4n) is 7.93. The topological polar surface area (TPSA) is 93.2 Å². The third-order valence-electron chi connectivity index (χ3n) is 11.0. The van der Waals surface area contributed by atoms with Crippen molar-refractivity contribution < 1.29 is 37.9 Å². The summed E-state index contributed by atoms with van der Waals surface area (Å²) in [6.07, 6.45) is 10.6. The summed E-state index contributed by atoms with van der Waals surface area (Å²) >= 11 is 0. The monoisotopic (exact) mass is 765 g/mol. The summed E-state index contributed by atoms with van der Waals surface area (Å²) in [7, 11) is 13.2. The van der Waals surface area contributed by atoms with Crippen molar-refractivity contribution in [2.75, 3.05) is 81.4 Å². The molecular formula is C45H55N3O8. The van der Waals surface area contributed by atoms with E-state index in [2.05, 4.69) is 71.3 Å². The molecule has 2 unspecified atom stereocenters. The molecule has 0 radical (unpaired) electrons. The van der Waals surface area contributed by atoms with Gasteiger partial charge in [-0.15, -0.1) is 0 Å². The maximum atomic E-state index is 5.75. The first-order valence-corrected chi connectivity index (χ1v) is 18.9. The minimum atomic E-state index is 0.123. The predicted octanol–water partition coefficient (Wildman–Crippen LogP) is 8.20. The molecule has 0 bridgehead atoms. The second kappa shape index (κ2) is 18.4. The van der Waals surface area contributed by atoms with Crippen molar-refractivity contribution in [3.8, 4) is 57.3 Å². The SMILES string of the molecule is COc1cc(OC)cc(N(CC2=CC=CC(c3cc(OC)c(OC)c(OC)c3)C2C)C2CCN(Cc3ccnc(-c4cc(OC)c(OC)c(OC)c4)c3)CC2)c1. The van der Waals surface area contributed by atoms with E-state index in [9.17, 15) is 0 Å². The van der Waals surface area contributed by atoms with E-state index >= 15 is 0 Å². The molecule has 4 aromatic rings. The number of allylic oxidation sites excluding steroid dienone is 3. The van der Waals surface area contributed by atoms with Crippen LogP contribution in [-0.4, -0.2) is 92.4 Å². The third-order valence-corrected chi connectivity index (χ3v) is 11.0. The van der Waals surface area contributed by atoms with Gasteiger partial charge in [0.1, 0.15) is 11.5 Å². The van der Waals surface area contributed by atoms with Crippen molar-refractivity contribution in [3.05, 3.63) is 95.7 Å². The van der Waals surface area contributed by atoms with Gasteiger partial charge in [0.15, 0.2) is 23.0 Å². The van der Waals surface area contributed by atoms with Crippen LogP contribution in [0.3, 0.4) is 0 Å². The molecule has 0 spiro atoms. The first kappa shape index (κ1) is 40.1. The molecule has 0 N–H and O–H groups in total. The lowest BCUT2D eigenvalue weighted by Crippen LogP contribution is -2.46. The number of likely N-dealkylation sites (tertiary alicyclic amines) is 1. The molecule has 11 nitrogen and oxygen atoms in total. The van der Waals surface area contributed by atoms with Gasteiger partial charge in [0, 0.05) is 73.8 Å². The van der Waals surface area contributed by atoms with Gasteiger partial charge in [0.2, 0.25) is 11.5 Å². The number of rotatable bonds is 16. The smallest absolute Gasteiger partial charge is 0.203 e. The highest BCUT2D eigenvalue weighted by molar-refractivity contribution is 5.69. The number of aromatic nitrogens is 1. The highest BCUT2D eigenvalue weighted by atomic mass is 16.5. The summed E-state index contributed by atoms with van der Waals surface area (Å²) in [6, 6.07) is 18.7. The van der Waals surface area contributed by atoms with Gasteiger partial charge in [-0.25, -0.2) is 0 Å². The van der Waals surface area contributed by atoms with E-state index in [4.69, 9.17) is 42.9 Å². The van der Waals surface area contributed by atoms with Crippen LogP contribution in [0.15, 0.2) is 84.6 Å². The molecule has 6 rings (SSSR count). The van der Waals surface area contributed by atoms with Crippen LogP contribution < -0.4 is 42.8 Å². The standard InChI is InChI=1S/C45H55N3O8/c1-29-31(11-10-12-38(29)32-20-40(51-4)44(55-8)41(21-32)52-5)28-48(35-24-36(49-2)26-37(25-35)50-3)34-14-17-47(18-15-34)27-30-13-16-46-39(19-30)33-22-42(53-6)45(56-9)43(23-33)54-7/h10-13,16,19-26,29,34,38H,14-15,17-18,27-28H2,1-9H3. The van der Waals surface area contributed by atoms with Crippen molar-refractivity contribution >= 4 is 5.69 Å². The quantitative estimate of drug-likeness (QED) is 0.111.